The third-order valence-corrected chi connectivity index (χ3v) is 4.15. The number of amides is 1. The molecule has 0 unspecified atom stereocenters. The van der Waals surface area contributed by atoms with Crippen LogP contribution in [0.2, 0.25) is 0 Å². The first-order chi connectivity index (χ1) is 13.1. The van der Waals surface area contributed by atoms with Crippen molar-refractivity contribution in [3.05, 3.63) is 77.9 Å². The molecule has 0 aliphatic carbocycles. The number of methoxy groups -OCH3 is 2. The highest BCUT2D eigenvalue weighted by Crippen LogP contribution is 2.32. The van der Waals surface area contributed by atoms with Crippen LogP contribution in [-0.2, 0) is 0 Å². The van der Waals surface area contributed by atoms with E-state index in [1.165, 1.54) is 0 Å². The number of rotatable bonds is 5. The summed E-state index contributed by atoms with van der Waals surface area (Å²) in [7, 11) is 3.17. The maximum absolute atomic E-state index is 12.6. The molecule has 1 N–H and O–H groups in total. The van der Waals surface area contributed by atoms with E-state index >= 15 is 0 Å². The predicted molar refractivity (Wildman–Crippen MR) is 104 cm³/mol. The standard InChI is InChI=1S/C22H18N2O3/c1-26-18-9-7-17(8-10-18)22(25)24-21-12-11-19(27-2)13-20(21)16-5-3-15(14-23)4-6-16/h3-13H,1-2H3,(H,24,25). The van der Waals surface area contributed by atoms with Crippen LogP contribution in [0.25, 0.3) is 11.1 Å². The van der Waals surface area contributed by atoms with Crippen molar-refractivity contribution in [1.82, 2.24) is 0 Å². The minimum absolute atomic E-state index is 0.224. The average Bonchev–Trinajstić information content (AvgIpc) is 2.74. The Bertz CT molecular complexity index is 988. The highest BCUT2D eigenvalue weighted by molar-refractivity contribution is 6.06. The van der Waals surface area contributed by atoms with Crippen molar-refractivity contribution >= 4 is 11.6 Å². The molecule has 3 aromatic carbocycles. The number of anilines is 1. The van der Waals surface area contributed by atoms with Crippen LogP contribution in [0.1, 0.15) is 15.9 Å². The van der Waals surface area contributed by atoms with Crippen molar-refractivity contribution in [3.63, 3.8) is 0 Å². The smallest absolute Gasteiger partial charge is 0.255 e. The van der Waals surface area contributed by atoms with Gasteiger partial charge >= 0.3 is 0 Å². The highest BCUT2D eigenvalue weighted by Gasteiger charge is 2.12. The fourth-order valence-corrected chi connectivity index (χ4v) is 2.66. The van der Waals surface area contributed by atoms with E-state index in [0.29, 0.717) is 28.3 Å². The summed E-state index contributed by atoms with van der Waals surface area (Å²) in [6, 6.07) is 21.6. The van der Waals surface area contributed by atoms with E-state index in [4.69, 9.17) is 14.7 Å². The molecule has 5 heteroatoms. The molecule has 0 saturated carbocycles. The maximum atomic E-state index is 12.6. The van der Waals surface area contributed by atoms with Gasteiger partial charge in [0.1, 0.15) is 11.5 Å². The van der Waals surface area contributed by atoms with Gasteiger partial charge in [0, 0.05) is 16.8 Å². The molecule has 0 fully saturated rings. The van der Waals surface area contributed by atoms with Gasteiger partial charge in [0.15, 0.2) is 0 Å². The minimum Gasteiger partial charge on any atom is -0.497 e. The molecule has 5 nitrogen and oxygen atoms in total. The third kappa shape index (κ3) is 4.07. The first-order valence-electron chi connectivity index (χ1n) is 8.28. The number of benzene rings is 3. The Morgan fingerprint density at radius 3 is 2.11 bits per heavy atom. The lowest BCUT2D eigenvalue weighted by Gasteiger charge is -2.13. The summed E-state index contributed by atoms with van der Waals surface area (Å²) in [6.45, 7) is 0. The Morgan fingerprint density at radius 1 is 0.889 bits per heavy atom. The SMILES string of the molecule is COc1ccc(C(=O)Nc2ccc(OC)cc2-c2ccc(C#N)cc2)cc1. The lowest BCUT2D eigenvalue weighted by Crippen LogP contribution is -2.12. The lowest BCUT2D eigenvalue weighted by molar-refractivity contribution is 0.102. The van der Waals surface area contributed by atoms with Crippen molar-refractivity contribution in [2.45, 2.75) is 0 Å². The summed E-state index contributed by atoms with van der Waals surface area (Å²) in [4.78, 5) is 12.6. The Labute approximate surface area is 157 Å². The summed E-state index contributed by atoms with van der Waals surface area (Å²) >= 11 is 0. The summed E-state index contributed by atoms with van der Waals surface area (Å²) in [5.74, 6) is 1.14. The molecule has 0 aliphatic heterocycles. The van der Waals surface area contributed by atoms with Crippen LogP contribution in [-0.4, -0.2) is 20.1 Å². The summed E-state index contributed by atoms with van der Waals surface area (Å²) in [5, 5.41) is 11.9. The van der Waals surface area contributed by atoms with Gasteiger partial charge in [-0.3, -0.25) is 4.79 Å². The molecule has 0 saturated heterocycles. The number of nitrogens with zero attached hydrogens (tertiary/aromatic N) is 1. The lowest BCUT2D eigenvalue weighted by atomic mass is 10.0. The zero-order chi connectivity index (χ0) is 19.2. The monoisotopic (exact) mass is 358 g/mol. The van der Waals surface area contributed by atoms with Crippen molar-refractivity contribution in [2.75, 3.05) is 19.5 Å². The van der Waals surface area contributed by atoms with E-state index in [1.54, 1.807) is 62.8 Å². The van der Waals surface area contributed by atoms with Crippen molar-refractivity contribution < 1.29 is 14.3 Å². The second kappa shape index (κ2) is 8.07. The van der Waals surface area contributed by atoms with E-state index in [2.05, 4.69) is 11.4 Å². The summed E-state index contributed by atoms with van der Waals surface area (Å²) in [5.41, 5.74) is 3.43. The van der Waals surface area contributed by atoms with E-state index in [9.17, 15) is 4.79 Å². The van der Waals surface area contributed by atoms with E-state index in [-0.39, 0.29) is 5.91 Å². The third-order valence-electron chi connectivity index (χ3n) is 4.15. The molecule has 0 aliphatic rings. The fraction of sp³-hybridized carbons (Fsp3) is 0.0909. The molecule has 0 aromatic heterocycles. The van der Waals surface area contributed by atoms with Crippen molar-refractivity contribution in [2.24, 2.45) is 0 Å². The molecule has 134 valence electrons. The Kier molecular flexibility index (Phi) is 5.38. The number of hydrogen-bond acceptors (Lipinski definition) is 4. The molecule has 3 rings (SSSR count). The molecule has 0 spiro atoms. The van der Waals surface area contributed by atoms with Gasteiger partial charge in [0.2, 0.25) is 0 Å². The first-order valence-corrected chi connectivity index (χ1v) is 8.28. The molecule has 0 heterocycles. The normalized spacial score (nSPS) is 9.96. The quantitative estimate of drug-likeness (QED) is 0.729. The van der Waals surface area contributed by atoms with E-state index in [0.717, 1.165) is 11.1 Å². The predicted octanol–water partition coefficient (Wildman–Crippen LogP) is 4.49. The highest BCUT2D eigenvalue weighted by atomic mass is 16.5. The second-order valence-electron chi connectivity index (χ2n) is 5.78. The molecule has 27 heavy (non-hydrogen) atoms. The van der Waals surface area contributed by atoms with Gasteiger partial charge in [-0.2, -0.15) is 5.26 Å². The van der Waals surface area contributed by atoms with Crippen molar-refractivity contribution in [3.8, 4) is 28.7 Å². The zero-order valence-electron chi connectivity index (χ0n) is 15.0. The first kappa shape index (κ1) is 18.0. The van der Waals surface area contributed by atoms with Crippen LogP contribution in [0, 0.1) is 11.3 Å². The van der Waals surface area contributed by atoms with Gasteiger partial charge in [-0.1, -0.05) is 12.1 Å². The zero-order valence-corrected chi connectivity index (χ0v) is 15.0. The van der Waals surface area contributed by atoms with Gasteiger partial charge in [-0.05, 0) is 60.2 Å². The van der Waals surface area contributed by atoms with Crippen LogP contribution >= 0.6 is 0 Å². The van der Waals surface area contributed by atoms with Crippen LogP contribution in [0.5, 0.6) is 11.5 Å². The van der Waals surface area contributed by atoms with E-state index in [1.807, 2.05) is 18.2 Å². The number of carbonyl (C=O) groups excluding carboxylic acids is 1. The van der Waals surface area contributed by atoms with Gasteiger partial charge < -0.3 is 14.8 Å². The summed E-state index contributed by atoms with van der Waals surface area (Å²) < 4.78 is 10.4. The molecular weight excluding hydrogens is 340 g/mol. The van der Waals surface area contributed by atoms with E-state index < -0.39 is 0 Å². The number of ether oxygens (including phenoxy) is 2. The fourth-order valence-electron chi connectivity index (χ4n) is 2.66. The molecule has 0 radical (unpaired) electrons. The maximum Gasteiger partial charge on any atom is 0.255 e. The summed E-state index contributed by atoms with van der Waals surface area (Å²) in [6.07, 6.45) is 0. The second-order valence-corrected chi connectivity index (χ2v) is 5.78. The molecule has 0 atom stereocenters. The molecule has 0 bridgehead atoms. The van der Waals surface area contributed by atoms with Crippen LogP contribution < -0.4 is 14.8 Å². The number of nitrogens with one attached hydrogen (secondary N) is 1. The van der Waals surface area contributed by atoms with Crippen LogP contribution in [0.3, 0.4) is 0 Å². The minimum atomic E-state index is -0.224. The Balaban J connectivity index is 1.94. The number of hydrogen-bond donors (Lipinski definition) is 1. The largest absolute Gasteiger partial charge is 0.497 e. The van der Waals surface area contributed by atoms with Crippen molar-refractivity contribution in [1.29, 1.82) is 5.26 Å². The van der Waals surface area contributed by atoms with Gasteiger partial charge in [0.25, 0.3) is 5.91 Å². The molecule has 3 aromatic rings. The van der Waals surface area contributed by atoms with Gasteiger partial charge in [-0.15, -0.1) is 0 Å². The van der Waals surface area contributed by atoms with Crippen LogP contribution in [0.4, 0.5) is 5.69 Å². The molecular formula is C22H18N2O3. The van der Waals surface area contributed by atoms with Crippen LogP contribution in [0.15, 0.2) is 66.7 Å². The van der Waals surface area contributed by atoms with Gasteiger partial charge in [-0.25, -0.2) is 0 Å². The topological polar surface area (TPSA) is 71.3 Å². The average molecular weight is 358 g/mol. The van der Waals surface area contributed by atoms with Gasteiger partial charge in [0.05, 0.1) is 25.9 Å². The number of nitriles is 1. The molecule has 1 amide bonds. The Morgan fingerprint density at radius 2 is 1.52 bits per heavy atom. The Hall–Kier alpha value is -3.78. The number of carbonyl (C=O) groups is 1.